The number of rotatable bonds is 8. The lowest BCUT2D eigenvalue weighted by atomic mass is 10.1. The number of nitrogens with zero attached hydrogens (tertiary/aromatic N) is 5. The zero-order valence-corrected chi connectivity index (χ0v) is 21.4. The van der Waals surface area contributed by atoms with Crippen LogP contribution in [0.5, 0.6) is 11.5 Å². The summed E-state index contributed by atoms with van der Waals surface area (Å²) in [6.45, 7) is 3.61. The number of methoxy groups -OCH3 is 2. The first-order valence-corrected chi connectivity index (χ1v) is 11.8. The van der Waals surface area contributed by atoms with E-state index in [1.807, 2.05) is 30.3 Å². The van der Waals surface area contributed by atoms with Crippen molar-refractivity contribution in [2.45, 2.75) is 26.5 Å². The van der Waals surface area contributed by atoms with E-state index < -0.39 is 23.7 Å². The molecule has 0 radical (unpaired) electrons. The first kappa shape index (κ1) is 26.1. The number of esters is 1. The first-order valence-electron chi connectivity index (χ1n) is 11.8. The summed E-state index contributed by atoms with van der Waals surface area (Å²) in [4.78, 5) is 41.0. The quantitative estimate of drug-likeness (QED) is 0.257. The highest BCUT2D eigenvalue weighted by molar-refractivity contribution is 5.97. The number of tetrazole rings is 1. The molecule has 0 saturated carbocycles. The summed E-state index contributed by atoms with van der Waals surface area (Å²) < 4.78 is 17.8. The normalized spacial score (nSPS) is 10.8. The molecule has 196 valence electrons. The molecule has 3 aromatic carbocycles. The average Bonchev–Trinajstić information content (AvgIpc) is 3.32. The van der Waals surface area contributed by atoms with Crippen LogP contribution in [0.25, 0.3) is 5.69 Å². The number of amides is 1. The van der Waals surface area contributed by atoms with Crippen molar-refractivity contribution in [1.29, 1.82) is 0 Å². The van der Waals surface area contributed by atoms with Gasteiger partial charge in [0.2, 0.25) is 0 Å². The summed E-state index contributed by atoms with van der Waals surface area (Å²) in [6, 6.07) is 19.5. The van der Waals surface area contributed by atoms with Crippen molar-refractivity contribution in [3.8, 4) is 17.2 Å². The van der Waals surface area contributed by atoms with Gasteiger partial charge in [0.05, 0.1) is 14.2 Å². The van der Waals surface area contributed by atoms with E-state index in [0.29, 0.717) is 21.8 Å². The fourth-order valence-electron chi connectivity index (χ4n) is 3.86. The highest BCUT2D eigenvalue weighted by Gasteiger charge is 2.27. The number of hydrogen-bond acceptors (Lipinski definition) is 8. The molecule has 0 N–H and O–H groups in total. The zero-order chi connectivity index (χ0) is 27.2. The average molecular weight is 518 g/mol. The van der Waals surface area contributed by atoms with Crippen LogP contribution in [0.4, 0.5) is 10.5 Å². The van der Waals surface area contributed by atoms with Crippen LogP contribution in [0.15, 0.2) is 77.6 Å². The van der Waals surface area contributed by atoms with Gasteiger partial charge in [0.15, 0.2) is 0 Å². The van der Waals surface area contributed by atoms with Crippen LogP contribution in [-0.2, 0) is 11.3 Å². The van der Waals surface area contributed by atoms with Gasteiger partial charge in [0, 0.05) is 11.7 Å². The second-order valence-electron chi connectivity index (χ2n) is 8.45. The lowest BCUT2D eigenvalue weighted by Gasteiger charge is -2.26. The van der Waals surface area contributed by atoms with Gasteiger partial charge in [-0.25, -0.2) is 14.4 Å². The lowest BCUT2D eigenvalue weighted by molar-refractivity contribution is 0.0469. The fourth-order valence-corrected chi connectivity index (χ4v) is 3.86. The minimum atomic E-state index is -0.777. The highest BCUT2D eigenvalue weighted by Crippen LogP contribution is 2.28. The molecule has 0 fully saturated rings. The Morgan fingerprint density at radius 3 is 2.26 bits per heavy atom. The van der Waals surface area contributed by atoms with E-state index in [4.69, 9.17) is 14.2 Å². The van der Waals surface area contributed by atoms with Crippen LogP contribution in [0, 0.1) is 0 Å². The predicted molar refractivity (Wildman–Crippen MR) is 139 cm³/mol. The van der Waals surface area contributed by atoms with Crippen molar-refractivity contribution in [2.75, 3.05) is 19.1 Å². The summed E-state index contributed by atoms with van der Waals surface area (Å²) in [5.74, 6) is 0.0499. The minimum absolute atomic E-state index is 0.0708. The maximum Gasteiger partial charge on any atom is 0.377 e. The smallest absolute Gasteiger partial charge is 0.377 e. The van der Waals surface area contributed by atoms with Gasteiger partial charge in [-0.05, 0) is 60.2 Å². The minimum Gasteiger partial charge on any atom is -0.496 e. The van der Waals surface area contributed by atoms with E-state index in [1.54, 1.807) is 50.2 Å². The zero-order valence-electron chi connectivity index (χ0n) is 21.4. The van der Waals surface area contributed by atoms with Gasteiger partial charge in [0.1, 0.15) is 29.4 Å². The number of aromatic nitrogens is 4. The van der Waals surface area contributed by atoms with Crippen LogP contribution in [0.3, 0.4) is 0 Å². The van der Waals surface area contributed by atoms with Crippen molar-refractivity contribution in [3.63, 3.8) is 0 Å². The molecule has 38 heavy (non-hydrogen) atoms. The van der Waals surface area contributed by atoms with Gasteiger partial charge in [0.25, 0.3) is 0 Å². The summed E-state index contributed by atoms with van der Waals surface area (Å²) in [5, 5.41) is 7.68. The van der Waals surface area contributed by atoms with Gasteiger partial charge < -0.3 is 14.2 Å². The van der Waals surface area contributed by atoms with Crippen molar-refractivity contribution in [3.05, 3.63) is 94.4 Å². The molecule has 1 aromatic heterocycles. The van der Waals surface area contributed by atoms with E-state index >= 15 is 0 Å². The molecular weight excluding hydrogens is 490 g/mol. The van der Waals surface area contributed by atoms with Gasteiger partial charge in [-0.2, -0.15) is 4.68 Å². The maximum absolute atomic E-state index is 13.5. The topological polar surface area (TPSA) is 118 Å². The summed E-state index contributed by atoms with van der Waals surface area (Å²) in [7, 11) is 2.90. The van der Waals surface area contributed by atoms with E-state index in [9.17, 15) is 14.4 Å². The van der Waals surface area contributed by atoms with E-state index in [0.717, 1.165) is 10.2 Å². The van der Waals surface area contributed by atoms with Crippen LogP contribution in [0.2, 0.25) is 0 Å². The third kappa shape index (κ3) is 5.26. The Kier molecular flexibility index (Phi) is 7.86. The predicted octanol–water partition coefficient (Wildman–Crippen LogP) is 3.69. The van der Waals surface area contributed by atoms with Crippen molar-refractivity contribution in [2.24, 2.45) is 0 Å². The fraction of sp³-hybridized carbons (Fsp3) is 0.222. The van der Waals surface area contributed by atoms with Gasteiger partial charge in [-0.3, -0.25) is 4.90 Å². The second kappa shape index (κ2) is 11.4. The first-order chi connectivity index (χ1) is 18.3. The molecule has 0 unspecified atom stereocenters. The summed E-state index contributed by atoms with van der Waals surface area (Å²) in [6.07, 6.45) is 0. The molecule has 4 aromatic rings. The number of ether oxygens (including phenoxy) is 3. The molecule has 0 aliphatic carbocycles. The van der Waals surface area contributed by atoms with E-state index in [2.05, 4.69) is 10.4 Å². The van der Waals surface area contributed by atoms with Gasteiger partial charge in [-0.15, -0.1) is 4.68 Å². The number of benzene rings is 3. The molecule has 0 saturated heterocycles. The van der Waals surface area contributed by atoms with Crippen LogP contribution in [0.1, 0.15) is 29.8 Å². The Bertz CT molecular complexity index is 1500. The number of carbonyl (C=O) groups is 2. The summed E-state index contributed by atoms with van der Waals surface area (Å²) >= 11 is 0. The molecule has 1 heterocycles. The van der Waals surface area contributed by atoms with Crippen LogP contribution < -0.4 is 20.1 Å². The number of carbonyl (C=O) groups excluding carboxylic acids is 2. The summed E-state index contributed by atoms with van der Waals surface area (Å²) in [5.41, 5.74) is 0.859. The largest absolute Gasteiger partial charge is 0.496 e. The van der Waals surface area contributed by atoms with Gasteiger partial charge in [-0.1, -0.05) is 42.5 Å². The standard InChI is InChI=1S/C27H27N5O6/c1-18(2)30(26(34)32-27(35)31(28-29-32)22-12-8-9-13-24(22)37-4)20-14-15-23(36-3)21(16-20)25(33)38-17-19-10-6-5-7-11-19/h5-16,18H,17H2,1-4H3. The maximum atomic E-state index is 13.5. The molecule has 11 heteroatoms. The monoisotopic (exact) mass is 517 g/mol. The van der Waals surface area contributed by atoms with Crippen molar-refractivity contribution >= 4 is 17.7 Å². The number of para-hydroxylation sites is 2. The highest BCUT2D eigenvalue weighted by atomic mass is 16.5. The SMILES string of the molecule is COc1ccc(N(C(=O)n2nnn(-c3ccccc3OC)c2=O)C(C)C)cc1C(=O)OCc1ccccc1. The number of hydrogen-bond donors (Lipinski definition) is 0. The molecule has 0 bridgehead atoms. The number of anilines is 1. The molecule has 1 amide bonds. The molecule has 0 aliphatic heterocycles. The lowest BCUT2D eigenvalue weighted by Crippen LogP contribution is -2.44. The van der Waals surface area contributed by atoms with Crippen LogP contribution in [-0.4, -0.2) is 52.1 Å². The Morgan fingerprint density at radius 2 is 1.58 bits per heavy atom. The molecule has 4 rings (SSSR count). The molecule has 0 spiro atoms. The molecular formula is C27H27N5O6. The third-order valence-electron chi connectivity index (χ3n) is 5.69. The van der Waals surface area contributed by atoms with Crippen LogP contribution >= 0.6 is 0 Å². The molecule has 11 nitrogen and oxygen atoms in total. The Balaban J connectivity index is 1.66. The van der Waals surface area contributed by atoms with Crippen molar-refractivity contribution in [1.82, 2.24) is 19.8 Å². The Morgan fingerprint density at radius 1 is 0.895 bits per heavy atom. The van der Waals surface area contributed by atoms with Crippen molar-refractivity contribution < 1.29 is 23.8 Å². The third-order valence-corrected chi connectivity index (χ3v) is 5.69. The Labute approximate surface area is 218 Å². The molecule has 0 atom stereocenters. The Hall–Kier alpha value is -4.93. The molecule has 0 aliphatic rings. The van der Waals surface area contributed by atoms with Gasteiger partial charge >= 0.3 is 17.7 Å². The van der Waals surface area contributed by atoms with E-state index in [1.165, 1.54) is 25.2 Å². The van der Waals surface area contributed by atoms with E-state index in [-0.39, 0.29) is 17.9 Å². The second-order valence-corrected chi connectivity index (χ2v) is 8.45.